The molecular formula is C14H23NO2S. The van der Waals surface area contributed by atoms with Gasteiger partial charge in [0.2, 0.25) is 0 Å². The van der Waals surface area contributed by atoms with Gasteiger partial charge in [0.25, 0.3) is 0 Å². The number of anilines is 1. The third-order valence-corrected chi connectivity index (χ3v) is 4.63. The Balaban J connectivity index is 3.02. The van der Waals surface area contributed by atoms with Crippen LogP contribution in [0.4, 0.5) is 5.69 Å². The van der Waals surface area contributed by atoms with Crippen LogP contribution < -0.4 is 5.32 Å². The Morgan fingerprint density at radius 1 is 1.28 bits per heavy atom. The molecule has 18 heavy (non-hydrogen) atoms. The van der Waals surface area contributed by atoms with Crippen LogP contribution in [0.2, 0.25) is 0 Å². The molecule has 0 heterocycles. The van der Waals surface area contributed by atoms with Gasteiger partial charge >= 0.3 is 0 Å². The molecule has 1 aromatic carbocycles. The minimum Gasteiger partial charge on any atom is -0.382 e. The summed E-state index contributed by atoms with van der Waals surface area (Å²) in [5, 5.41) is 3.41. The maximum Gasteiger partial charge on any atom is 0.175 e. The first kappa shape index (κ1) is 15.0. The van der Waals surface area contributed by atoms with Gasteiger partial charge in [-0.15, -0.1) is 0 Å². The first-order valence-electron chi connectivity index (χ1n) is 6.33. The third-order valence-electron chi connectivity index (χ3n) is 3.52. The van der Waals surface area contributed by atoms with Gasteiger partial charge in [-0.25, -0.2) is 8.42 Å². The summed E-state index contributed by atoms with van der Waals surface area (Å²) in [6, 6.07) is 5.55. The predicted octanol–water partition coefficient (Wildman–Crippen LogP) is 3.25. The molecule has 0 aliphatic carbocycles. The second-order valence-electron chi connectivity index (χ2n) is 5.07. The van der Waals surface area contributed by atoms with Crippen molar-refractivity contribution >= 4 is 15.5 Å². The first-order valence-corrected chi connectivity index (χ1v) is 8.22. The van der Waals surface area contributed by atoms with Crippen molar-refractivity contribution < 1.29 is 8.42 Å². The van der Waals surface area contributed by atoms with Gasteiger partial charge in [0.05, 0.1) is 4.90 Å². The molecule has 2 atom stereocenters. The van der Waals surface area contributed by atoms with Crippen LogP contribution in [0.5, 0.6) is 0 Å². The van der Waals surface area contributed by atoms with Gasteiger partial charge in [0.15, 0.2) is 9.84 Å². The fourth-order valence-electron chi connectivity index (χ4n) is 1.73. The zero-order valence-electron chi connectivity index (χ0n) is 11.8. The molecule has 1 rings (SSSR count). The van der Waals surface area contributed by atoms with Crippen molar-refractivity contribution in [2.24, 2.45) is 5.92 Å². The Bertz CT molecular complexity index is 509. The van der Waals surface area contributed by atoms with Gasteiger partial charge in [0.1, 0.15) is 0 Å². The molecule has 0 spiro atoms. The fraction of sp³-hybridized carbons (Fsp3) is 0.571. The van der Waals surface area contributed by atoms with Gasteiger partial charge in [-0.05, 0) is 37.5 Å². The lowest BCUT2D eigenvalue weighted by molar-refractivity contribution is 0.494. The van der Waals surface area contributed by atoms with E-state index in [9.17, 15) is 8.42 Å². The molecule has 102 valence electrons. The van der Waals surface area contributed by atoms with Crippen LogP contribution in [-0.2, 0) is 9.84 Å². The summed E-state index contributed by atoms with van der Waals surface area (Å²) < 4.78 is 23.1. The lowest BCUT2D eigenvalue weighted by atomic mass is 10.0. The van der Waals surface area contributed by atoms with Crippen molar-refractivity contribution in [2.75, 3.05) is 11.6 Å². The van der Waals surface area contributed by atoms with E-state index in [0.717, 1.165) is 17.7 Å². The standard InChI is InChI=1S/C14H23NO2S/c1-6-10(2)12(4)15-14-9-13(18(5,16)17)8-7-11(14)3/h7-10,12,15H,6H2,1-5H3. The number of hydrogen-bond acceptors (Lipinski definition) is 3. The predicted molar refractivity (Wildman–Crippen MR) is 76.8 cm³/mol. The number of benzene rings is 1. The summed E-state index contributed by atoms with van der Waals surface area (Å²) in [7, 11) is -3.14. The first-order chi connectivity index (χ1) is 8.25. The lowest BCUT2D eigenvalue weighted by Crippen LogP contribution is -2.23. The fourth-order valence-corrected chi connectivity index (χ4v) is 2.38. The Labute approximate surface area is 111 Å². The highest BCUT2D eigenvalue weighted by atomic mass is 32.2. The van der Waals surface area contributed by atoms with E-state index in [0.29, 0.717) is 16.9 Å². The zero-order chi connectivity index (χ0) is 13.9. The van der Waals surface area contributed by atoms with E-state index < -0.39 is 9.84 Å². The van der Waals surface area contributed by atoms with Crippen molar-refractivity contribution in [3.63, 3.8) is 0 Å². The van der Waals surface area contributed by atoms with Crippen molar-refractivity contribution in [1.82, 2.24) is 0 Å². The average Bonchev–Trinajstić information content (AvgIpc) is 2.29. The van der Waals surface area contributed by atoms with E-state index >= 15 is 0 Å². The highest BCUT2D eigenvalue weighted by Crippen LogP contribution is 2.22. The van der Waals surface area contributed by atoms with Gasteiger partial charge in [-0.3, -0.25) is 0 Å². The Hall–Kier alpha value is -1.03. The lowest BCUT2D eigenvalue weighted by Gasteiger charge is -2.22. The zero-order valence-corrected chi connectivity index (χ0v) is 12.6. The molecule has 0 radical (unpaired) electrons. The largest absolute Gasteiger partial charge is 0.382 e. The van der Waals surface area contributed by atoms with Gasteiger partial charge in [-0.2, -0.15) is 0 Å². The molecule has 0 aliphatic rings. The van der Waals surface area contributed by atoms with E-state index in [1.807, 2.05) is 13.0 Å². The summed E-state index contributed by atoms with van der Waals surface area (Å²) in [4.78, 5) is 0.368. The van der Waals surface area contributed by atoms with E-state index in [4.69, 9.17) is 0 Å². The maximum absolute atomic E-state index is 11.5. The summed E-state index contributed by atoms with van der Waals surface area (Å²) in [6.07, 6.45) is 2.33. The Morgan fingerprint density at radius 2 is 1.89 bits per heavy atom. The molecule has 0 fully saturated rings. The number of rotatable bonds is 5. The monoisotopic (exact) mass is 269 g/mol. The Kier molecular flexibility index (Phi) is 4.79. The van der Waals surface area contributed by atoms with Gasteiger partial charge in [0, 0.05) is 18.0 Å². The van der Waals surface area contributed by atoms with E-state index in [1.165, 1.54) is 6.26 Å². The third kappa shape index (κ3) is 3.73. The van der Waals surface area contributed by atoms with E-state index in [-0.39, 0.29) is 0 Å². The quantitative estimate of drug-likeness (QED) is 0.892. The molecule has 3 nitrogen and oxygen atoms in total. The molecule has 0 aromatic heterocycles. The van der Waals surface area contributed by atoms with Crippen LogP contribution in [0.25, 0.3) is 0 Å². The highest BCUT2D eigenvalue weighted by molar-refractivity contribution is 7.90. The number of hydrogen-bond donors (Lipinski definition) is 1. The summed E-state index contributed by atoms with van der Waals surface area (Å²) in [5.74, 6) is 0.547. The maximum atomic E-state index is 11.5. The molecule has 1 aromatic rings. The van der Waals surface area contributed by atoms with E-state index in [2.05, 4.69) is 26.1 Å². The molecule has 0 aliphatic heterocycles. The summed E-state index contributed by atoms with van der Waals surface area (Å²) in [5.41, 5.74) is 1.98. The van der Waals surface area contributed by atoms with Crippen LogP contribution in [0.1, 0.15) is 32.8 Å². The number of sulfone groups is 1. The second kappa shape index (κ2) is 5.74. The average molecular weight is 269 g/mol. The smallest absolute Gasteiger partial charge is 0.175 e. The molecule has 4 heteroatoms. The Morgan fingerprint density at radius 3 is 2.39 bits per heavy atom. The molecule has 2 unspecified atom stereocenters. The van der Waals surface area contributed by atoms with Crippen molar-refractivity contribution in [3.8, 4) is 0 Å². The van der Waals surface area contributed by atoms with Crippen LogP contribution in [0, 0.1) is 12.8 Å². The summed E-state index contributed by atoms with van der Waals surface area (Å²) in [6.45, 7) is 8.45. The second-order valence-corrected chi connectivity index (χ2v) is 7.08. The number of aryl methyl sites for hydroxylation is 1. The highest BCUT2D eigenvalue weighted by Gasteiger charge is 2.13. The van der Waals surface area contributed by atoms with Gasteiger partial charge in [-0.1, -0.05) is 26.3 Å². The molecule has 0 bridgehead atoms. The van der Waals surface area contributed by atoms with Crippen LogP contribution >= 0.6 is 0 Å². The SMILES string of the molecule is CCC(C)C(C)Nc1cc(S(C)(=O)=O)ccc1C. The van der Waals surface area contributed by atoms with Crippen molar-refractivity contribution in [3.05, 3.63) is 23.8 Å². The normalized spacial score (nSPS) is 15.2. The van der Waals surface area contributed by atoms with Crippen LogP contribution in [0.15, 0.2) is 23.1 Å². The van der Waals surface area contributed by atoms with Crippen LogP contribution in [0.3, 0.4) is 0 Å². The minimum atomic E-state index is -3.14. The van der Waals surface area contributed by atoms with Crippen molar-refractivity contribution in [1.29, 1.82) is 0 Å². The van der Waals surface area contributed by atoms with Gasteiger partial charge < -0.3 is 5.32 Å². The summed E-state index contributed by atoms with van der Waals surface area (Å²) >= 11 is 0. The molecule has 1 N–H and O–H groups in total. The molecule has 0 amide bonds. The van der Waals surface area contributed by atoms with Crippen LogP contribution in [-0.4, -0.2) is 20.7 Å². The molecular weight excluding hydrogens is 246 g/mol. The number of nitrogens with one attached hydrogen (secondary N) is 1. The van der Waals surface area contributed by atoms with Crippen molar-refractivity contribution in [2.45, 2.75) is 45.1 Å². The minimum absolute atomic E-state index is 0.323. The molecule has 0 saturated carbocycles. The molecule has 0 saturated heterocycles. The van der Waals surface area contributed by atoms with E-state index in [1.54, 1.807) is 12.1 Å². The topological polar surface area (TPSA) is 46.2 Å².